The summed E-state index contributed by atoms with van der Waals surface area (Å²) in [5.74, 6) is 0.541. The highest BCUT2D eigenvalue weighted by Gasteiger charge is 2.30. The molecule has 0 bridgehead atoms. The predicted molar refractivity (Wildman–Crippen MR) is 115 cm³/mol. The fourth-order valence-corrected chi connectivity index (χ4v) is 3.72. The van der Waals surface area contributed by atoms with Gasteiger partial charge in [-0.3, -0.25) is 18.5 Å². The third kappa shape index (κ3) is 2.83. The second-order valence-electron chi connectivity index (χ2n) is 7.40. The van der Waals surface area contributed by atoms with Crippen LogP contribution in [-0.4, -0.2) is 30.9 Å². The highest BCUT2D eigenvalue weighted by molar-refractivity contribution is 5.91. The van der Waals surface area contributed by atoms with Crippen LogP contribution in [0.1, 0.15) is 31.0 Å². The molecule has 0 N–H and O–H groups in total. The topological polar surface area (TPSA) is 77.4 Å². The summed E-state index contributed by atoms with van der Waals surface area (Å²) in [7, 11) is 1.65. The van der Waals surface area contributed by atoms with Gasteiger partial charge in [0, 0.05) is 7.05 Å². The molecule has 1 unspecified atom stereocenters. The molecule has 0 amide bonds. The molecule has 0 spiro atoms. The van der Waals surface area contributed by atoms with Gasteiger partial charge in [-0.05, 0) is 31.9 Å². The number of fused-ring (bicyclic) bond motifs is 3. The lowest BCUT2D eigenvalue weighted by Crippen LogP contribution is -2.40. The van der Waals surface area contributed by atoms with Gasteiger partial charge in [-0.25, -0.2) is 9.80 Å². The van der Waals surface area contributed by atoms with Gasteiger partial charge in [0.25, 0.3) is 5.56 Å². The summed E-state index contributed by atoms with van der Waals surface area (Å²) in [5.41, 5.74) is 2.87. The molecule has 4 rings (SSSR count). The van der Waals surface area contributed by atoms with Crippen LogP contribution in [0.5, 0.6) is 0 Å². The number of benzene rings is 1. The molecule has 150 valence electrons. The van der Waals surface area contributed by atoms with Crippen LogP contribution < -0.4 is 16.3 Å². The minimum atomic E-state index is -0.387. The number of aromatic nitrogens is 4. The van der Waals surface area contributed by atoms with Crippen molar-refractivity contribution in [3.8, 4) is 0 Å². The van der Waals surface area contributed by atoms with E-state index in [1.165, 1.54) is 9.13 Å². The summed E-state index contributed by atoms with van der Waals surface area (Å²) in [4.78, 5) is 31.1. The van der Waals surface area contributed by atoms with Crippen LogP contribution in [-0.2, 0) is 13.6 Å². The summed E-state index contributed by atoms with van der Waals surface area (Å²) >= 11 is 0. The fraction of sp³-hybridized carbons (Fsp3) is 0.333. The third-order valence-electron chi connectivity index (χ3n) is 5.55. The summed E-state index contributed by atoms with van der Waals surface area (Å²) in [6.45, 7) is 10.3. The van der Waals surface area contributed by atoms with Crippen LogP contribution in [0, 0.1) is 6.92 Å². The van der Waals surface area contributed by atoms with Gasteiger partial charge in [0.1, 0.15) is 0 Å². The molecule has 1 aliphatic rings. The van der Waals surface area contributed by atoms with E-state index in [-0.39, 0.29) is 23.8 Å². The largest absolute Gasteiger partial charge is 0.332 e. The summed E-state index contributed by atoms with van der Waals surface area (Å²) in [6.07, 6.45) is 1.73. The van der Waals surface area contributed by atoms with Gasteiger partial charge in [-0.2, -0.15) is 10.1 Å². The highest BCUT2D eigenvalue weighted by atomic mass is 16.2. The van der Waals surface area contributed by atoms with Gasteiger partial charge in [0.2, 0.25) is 5.95 Å². The van der Waals surface area contributed by atoms with Crippen molar-refractivity contribution in [1.29, 1.82) is 0 Å². The SMILES string of the molecule is C=CCN1N=C(C)C(C)n2c1nc1c2c(=O)n(Cc2ccccc2C)c(=O)n1C. The molecule has 0 aliphatic carbocycles. The van der Waals surface area contributed by atoms with E-state index in [2.05, 4.69) is 16.7 Å². The van der Waals surface area contributed by atoms with E-state index in [1.807, 2.05) is 49.6 Å². The Labute approximate surface area is 168 Å². The summed E-state index contributed by atoms with van der Waals surface area (Å²) in [5, 5.41) is 6.28. The number of imidazole rings is 1. The molecule has 8 nitrogen and oxygen atoms in total. The van der Waals surface area contributed by atoms with Crippen LogP contribution in [0.15, 0.2) is 51.6 Å². The Kier molecular flexibility index (Phi) is 4.49. The standard InChI is InChI=1S/C21H24N6O2/c1-6-11-26-20-22-18-17(27(20)15(4)14(3)23-26)19(28)25(21(29)24(18)5)12-16-10-8-7-9-13(16)2/h6-10,15H,1,11-12H2,2-5H3. The fourth-order valence-electron chi connectivity index (χ4n) is 3.72. The lowest BCUT2D eigenvalue weighted by molar-refractivity contribution is 0.633. The number of aryl methyl sites for hydroxylation is 2. The Balaban J connectivity index is 2.01. The van der Waals surface area contributed by atoms with Crippen molar-refractivity contribution in [1.82, 2.24) is 18.7 Å². The van der Waals surface area contributed by atoms with Gasteiger partial charge < -0.3 is 0 Å². The second kappa shape index (κ2) is 6.88. The van der Waals surface area contributed by atoms with E-state index in [0.29, 0.717) is 23.7 Å². The Morgan fingerprint density at radius 3 is 2.62 bits per heavy atom. The number of hydrazone groups is 1. The highest BCUT2D eigenvalue weighted by Crippen LogP contribution is 2.29. The monoisotopic (exact) mass is 392 g/mol. The molecule has 2 aromatic heterocycles. The molecule has 0 saturated heterocycles. The quantitative estimate of drug-likeness (QED) is 0.638. The zero-order valence-electron chi connectivity index (χ0n) is 17.1. The molecule has 0 saturated carbocycles. The predicted octanol–water partition coefficient (Wildman–Crippen LogP) is 2.20. The molecule has 29 heavy (non-hydrogen) atoms. The van der Waals surface area contributed by atoms with Crippen molar-refractivity contribution >= 4 is 22.8 Å². The number of anilines is 1. The molecule has 0 fully saturated rings. The first kappa shape index (κ1) is 18.9. The molecule has 1 aromatic carbocycles. The minimum Gasteiger partial charge on any atom is -0.294 e. The first-order valence-electron chi connectivity index (χ1n) is 9.55. The van der Waals surface area contributed by atoms with Crippen LogP contribution in [0.2, 0.25) is 0 Å². The van der Waals surface area contributed by atoms with Crippen molar-refractivity contribution < 1.29 is 0 Å². The Hall–Kier alpha value is -3.42. The lowest BCUT2D eigenvalue weighted by atomic mass is 10.1. The van der Waals surface area contributed by atoms with E-state index < -0.39 is 0 Å². The molecule has 0 radical (unpaired) electrons. The van der Waals surface area contributed by atoms with Crippen LogP contribution in [0.4, 0.5) is 5.95 Å². The van der Waals surface area contributed by atoms with Crippen molar-refractivity contribution in [2.24, 2.45) is 12.1 Å². The number of hydrogen-bond acceptors (Lipinski definition) is 5. The van der Waals surface area contributed by atoms with E-state index in [9.17, 15) is 9.59 Å². The Bertz CT molecular complexity index is 1280. The molecular weight excluding hydrogens is 368 g/mol. The number of hydrogen-bond donors (Lipinski definition) is 0. The molecule has 8 heteroatoms. The third-order valence-corrected chi connectivity index (χ3v) is 5.55. The smallest absolute Gasteiger partial charge is 0.294 e. The average molecular weight is 392 g/mol. The van der Waals surface area contributed by atoms with E-state index in [4.69, 9.17) is 0 Å². The van der Waals surface area contributed by atoms with Gasteiger partial charge in [0.15, 0.2) is 11.2 Å². The molecule has 1 atom stereocenters. The van der Waals surface area contributed by atoms with Crippen molar-refractivity contribution in [2.75, 3.05) is 11.6 Å². The van der Waals surface area contributed by atoms with Gasteiger partial charge in [-0.1, -0.05) is 30.3 Å². The second-order valence-corrected chi connectivity index (χ2v) is 7.40. The summed E-state index contributed by atoms with van der Waals surface area (Å²) in [6, 6.07) is 7.61. The summed E-state index contributed by atoms with van der Waals surface area (Å²) < 4.78 is 4.59. The molecule has 3 heterocycles. The first-order valence-corrected chi connectivity index (χ1v) is 9.55. The Morgan fingerprint density at radius 2 is 1.93 bits per heavy atom. The van der Waals surface area contributed by atoms with E-state index >= 15 is 0 Å². The van der Waals surface area contributed by atoms with Crippen LogP contribution >= 0.6 is 0 Å². The zero-order valence-corrected chi connectivity index (χ0v) is 17.1. The molecule has 1 aliphatic heterocycles. The first-order chi connectivity index (χ1) is 13.8. The maximum atomic E-state index is 13.5. The maximum absolute atomic E-state index is 13.5. The maximum Gasteiger partial charge on any atom is 0.332 e. The minimum absolute atomic E-state index is 0.145. The van der Waals surface area contributed by atoms with E-state index in [1.54, 1.807) is 18.1 Å². The van der Waals surface area contributed by atoms with Crippen LogP contribution in [0.3, 0.4) is 0 Å². The number of nitrogens with zero attached hydrogens (tertiary/aromatic N) is 6. The van der Waals surface area contributed by atoms with Crippen LogP contribution in [0.25, 0.3) is 11.2 Å². The number of rotatable bonds is 4. The van der Waals surface area contributed by atoms with Gasteiger partial charge in [0.05, 0.1) is 24.8 Å². The lowest BCUT2D eigenvalue weighted by Gasteiger charge is -2.28. The van der Waals surface area contributed by atoms with Crippen molar-refractivity contribution in [2.45, 2.75) is 33.4 Å². The van der Waals surface area contributed by atoms with Gasteiger partial charge >= 0.3 is 5.69 Å². The molecule has 3 aromatic rings. The Morgan fingerprint density at radius 1 is 1.21 bits per heavy atom. The van der Waals surface area contributed by atoms with E-state index in [0.717, 1.165) is 16.8 Å². The van der Waals surface area contributed by atoms with Crippen molar-refractivity contribution in [3.05, 3.63) is 68.9 Å². The van der Waals surface area contributed by atoms with Gasteiger partial charge in [-0.15, -0.1) is 6.58 Å². The van der Waals surface area contributed by atoms with Crippen molar-refractivity contribution in [3.63, 3.8) is 0 Å². The average Bonchev–Trinajstić information content (AvgIpc) is 3.10. The normalized spacial score (nSPS) is 16.1. The zero-order chi connectivity index (χ0) is 20.9. The molecular formula is C21H24N6O2.